The lowest BCUT2D eigenvalue weighted by Gasteiger charge is -2.33. The summed E-state index contributed by atoms with van der Waals surface area (Å²) in [4.78, 5) is 17.2. The summed E-state index contributed by atoms with van der Waals surface area (Å²) in [6, 6.07) is 5.48. The third-order valence-electron chi connectivity index (χ3n) is 4.49. The van der Waals surface area contributed by atoms with Gasteiger partial charge in [-0.3, -0.25) is 9.78 Å². The Kier molecular flexibility index (Phi) is 4.34. The van der Waals surface area contributed by atoms with Gasteiger partial charge < -0.3 is 10.6 Å². The number of aromatic nitrogens is 1. The minimum absolute atomic E-state index is 0.281. The highest BCUT2D eigenvalue weighted by molar-refractivity contribution is 5.92. The molecule has 1 aliphatic heterocycles. The molecule has 1 aromatic carbocycles. The number of pyridine rings is 1. The van der Waals surface area contributed by atoms with Crippen molar-refractivity contribution in [2.45, 2.75) is 25.4 Å². The Morgan fingerprint density at radius 3 is 2.58 bits per heavy atom. The molecule has 1 saturated heterocycles. The summed E-state index contributed by atoms with van der Waals surface area (Å²) in [6.07, 6.45) is -0.771. The molecule has 0 unspecified atom stereocenters. The van der Waals surface area contributed by atoms with Crippen LogP contribution in [0.15, 0.2) is 30.5 Å². The van der Waals surface area contributed by atoms with E-state index in [-0.39, 0.29) is 11.8 Å². The van der Waals surface area contributed by atoms with E-state index < -0.39 is 11.7 Å². The van der Waals surface area contributed by atoms with Crippen molar-refractivity contribution in [3.05, 3.63) is 36.0 Å². The van der Waals surface area contributed by atoms with Crippen LogP contribution in [-0.2, 0) is 11.0 Å². The highest BCUT2D eigenvalue weighted by Crippen LogP contribution is 2.34. The van der Waals surface area contributed by atoms with Crippen molar-refractivity contribution in [1.82, 2.24) is 4.98 Å². The van der Waals surface area contributed by atoms with Crippen LogP contribution in [-0.4, -0.2) is 24.0 Å². The summed E-state index contributed by atoms with van der Waals surface area (Å²) in [5.74, 6) is -0.00817. The normalized spacial score (nSPS) is 16.5. The molecule has 0 aliphatic carbocycles. The van der Waals surface area contributed by atoms with Gasteiger partial charge in [0.2, 0.25) is 5.91 Å². The Morgan fingerprint density at radius 2 is 1.96 bits per heavy atom. The maximum atomic E-state index is 12.8. The summed E-state index contributed by atoms with van der Waals surface area (Å²) >= 11 is 0. The predicted octanol–water partition coefficient (Wildman–Crippen LogP) is 3.35. The third-order valence-corrected chi connectivity index (χ3v) is 4.49. The van der Waals surface area contributed by atoms with Gasteiger partial charge >= 0.3 is 6.18 Å². The van der Waals surface area contributed by atoms with Gasteiger partial charge in [0.1, 0.15) is 0 Å². The van der Waals surface area contributed by atoms with Crippen LogP contribution in [0.3, 0.4) is 0 Å². The van der Waals surface area contributed by atoms with Crippen LogP contribution in [0.5, 0.6) is 0 Å². The fourth-order valence-electron chi connectivity index (χ4n) is 3.25. The fraction of sp³-hybridized carbons (Fsp3) is 0.412. The number of piperidine rings is 1. The van der Waals surface area contributed by atoms with E-state index in [0.29, 0.717) is 17.3 Å². The summed E-state index contributed by atoms with van der Waals surface area (Å²) in [7, 11) is 0. The molecule has 1 aliphatic rings. The number of nitrogens with zero attached hydrogens (tertiary/aromatic N) is 2. The van der Waals surface area contributed by atoms with Gasteiger partial charge in [0.25, 0.3) is 0 Å². The second kappa shape index (κ2) is 6.30. The van der Waals surface area contributed by atoms with Crippen molar-refractivity contribution in [1.29, 1.82) is 0 Å². The molecule has 7 heteroatoms. The van der Waals surface area contributed by atoms with Gasteiger partial charge in [0, 0.05) is 36.8 Å². The number of amides is 1. The van der Waals surface area contributed by atoms with E-state index in [4.69, 9.17) is 5.73 Å². The maximum absolute atomic E-state index is 12.8. The van der Waals surface area contributed by atoms with Gasteiger partial charge in [0.15, 0.2) is 0 Å². The number of carbonyl (C=O) groups excluding carboxylic acids is 1. The van der Waals surface area contributed by atoms with E-state index in [1.165, 1.54) is 12.3 Å². The van der Waals surface area contributed by atoms with Gasteiger partial charge in [-0.05, 0) is 37.0 Å². The number of carbonyl (C=O) groups is 1. The van der Waals surface area contributed by atoms with E-state index in [2.05, 4.69) is 9.88 Å². The van der Waals surface area contributed by atoms with Crippen LogP contribution < -0.4 is 10.6 Å². The molecule has 2 N–H and O–H groups in total. The van der Waals surface area contributed by atoms with Crippen LogP contribution in [0, 0.1) is 5.92 Å². The molecule has 0 atom stereocenters. The third kappa shape index (κ3) is 3.44. The molecular formula is C17H18F3N3O. The Labute approximate surface area is 137 Å². The largest absolute Gasteiger partial charge is 0.416 e. The Bertz CT molecular complexity index is 752. The monoisotopic (exact) mass is 337 g/mol. The van der Waals surface area contributed by atoms with Crippen molar-refractivity contribution < 1.29 is 18.0 Å². The Balaban J connectivity index is 1.84. The highest BCUT2D eigenvalue weighted by Gasteiger charge is 2.31. The lowest BCUT2D eigenvalue weighted by molar-refractivity contribution is -0.137. The second-order valence-corrected chi connectivity index (χ2v) is 6.16. The van der Waals surface area contributed by atoms with Gasteiger partial charge in [-0.2, -0.15) is 13.2 Å². The zero-order valence-electron chi connectivity index (χ0n) is 13.0. The first-order chi connectivity index (χ1) is 11.3. The van der Waals surface area contributed by atoms with E-state index in [1.54, 1.807) is 0 Å². The highest BCUT2D eigenvalue weighted by atomic mass is 19.4. The average molecular weight is 337 g/mol. The first-order valence-corrected chi connectivity index (χ1v) is 7.84. The molecule has 2 aromatic rings. The van der Waals surface area contributed by atoms with Crippen molar-refractivity contribution >= 4 is 22.5 Å². The number of hydrogen-bond donors (Lipinski definition) is 1. The van der Waals surface area contributed by atoms with Crippen LogP contribution in [0.1, 0.15) is 24.8 Å². The molecule has 3 rings (SSSR count). The number of halogens is 3. The zero-order chi connectivity index (χ0) is 17.3. The number of benzene rings is 1. The van der Waals surface area contributed by atoms with E-state index >= 15 is 0 Å². The fourth-order valence-corrected chi connectivity index (χ4v) is 3.25. The molecule has 128 valence electrons. The average Bonchev–Trinajstić information content (AvgIpc) is 2.53. The van der Waals surface area contributed by atoms with Gasteiger partial charge in [-0.15, -0.1) is 0 Å². The second-order valence-electron chi connectivity index (χ2n) is 6.16. The molecule has 1 aromatic heterocycles. The lowest BCUT2D eigenvalue weighted by atomic mass is 9.93. The van der Waals surface area contributed by atoms with Gasteiger partial charge in [-0.25, -0.2) is 0 Å². The predicted molar refractivity (Wildman–Crippen MR) is 85.5 cm³/mol. The van der Waals surface area contributed by atoms with Crippen molar-refractivity contribution in [2.24, 2.45) is 11.7 Å². The van der Waals surface area contributed by atoms with E-state index in [0.717, 1.165) is 43.8 Å². The number of anilines is 1. The smallest absolute Gasteiger partial charge is 0.371 e. The maximum Gasteiger partial charge on any atom is 0.416 e. The van der Waals surface area contributed by atoms with Crippen molar-refractivity contribution in [3.63, 3.8) is 0 Å². The van der Waals surface area contributed by atoms with Crippen LogP contribution >= 0.6 is 0 Å². The molecule has 24 heavy (non-hydrogen) atoms. The van der Waals surface area contributed by atoms with Crippen LogP contribution in [0.2, 0.25) is 0 Å². The molecule has 0 bridgehead atoms. The minimum Gasteiger partial charge on any atom is -0.371 e. The van der Waals surface area contributed by atoms with Crippen molar-refractivity contribution in [2.75, 3.05) is 18.0 Å². The number of fused-ring (bicyclic) bond motifs is 1. The van der Waals surface area contributed by atoms with E-state index in [9.17, 15) is 18.0 Å². The quantitative estimate of drug-likeness (QED) is 0.934. The number of nitrogens with two attached hydrogens (primary N) is 1. The molecule has 2 heterocycles. The van der Waals surface area contributed by atoms with Gasteiger partial charge in [0.05, 0.1) is 11.1 Å². The minimum atomic E-state index is -4.38. The number of alkyl halides is 3. The SMILES string of the molecule is NC(=O)CC1CCN(c2ccnc3cc(C(F)(F)F)ccc23)CC1. The summed E-state index contributed by atoms with van der Waals surface area (Å²) in [5.41, 5.74) is 5.76. The zero-order valence-corrected chi connectivity index (χ0v) is 13.0. The standard InChI is InChI=1S/C17H18F3N3O/c18-17(19,20)12-1-2-13-14(10-12)22-6-3-15(13)23-7-4-11(5-8-23)9-16(21)24/h1-3,6,10-11H,4-5,7-9H2,(H2,21,24). The molecule has 0 saturated carbocycles. The first kappa shape index (κ1) is 16.5. The molecule has 1 fully saturated rings. The van der Waals surface area contributed by atoms with Gasteiger partial charge in [-0.1, -0.05) is 6.07 Å². The molecule has 1 amide bonds. The lowest BCUT2D eigenvalue weighted by Crippen LogP contribution is -2.35. The molecule has 0 radical (unpaired) electrons. The molecular weight excluding hydrogens is 319 g/mol. The van der Waals surface area contributed by atoms with Crippen LogP contribution in [0.25, 0.3) is 10.9 Å². The number of primary amides is 1. The van der Waals surface area contributed by atoms with E-state index in [1.807, 2.05) is 6.07 Å². The number of hydrogen-bond acceptors (Lipinski definition) is 3. The molecule has 4 nitrogen and oxygen atoms in total. The Hall–Kier alpha value is -2.31. The summed E-state index contributed by atoms with van der Waals surface area (Å²) in [6.45, 7) is 1.50. The Morgan fingerprint density at radius 1 is 1.25 bits per heavy atom. The van der Waals surface area contributed by atoms with Crippen molar-refractivity contribution in [3.8, 4) is 0 Å². The summed E-state index contributed by atoms with van der Waals surface area (Å²) < 4.78 is 38.5. The first-order valence-electron chi connectivity index (χ1n) is 7.84. The summed E-state index contributed by atoms with van der Waals surface area (Å²) in [5, 5.41) is 0.707. The topological polar surface area (TPSA) is 59.2 Å². The van der Waals surface area contributed by atoms with Crippen LogP contribution in [0.4, 0.5) is 18.9 Å². The molecule has 0 spiro atoms. The number of rotatable bonds is 3.